The molecular formula is C22H22N2O3. The molecule has 0 aliphatic heterocycles. The molecule has 5 nitrogen and oxygen atoms in total. The third-order valence-electron chi connectivity index (χ3n) is 3.65. The van der Waals surface area contributed by atoms with Gasteiger partial charge in [0.25, 0.3) is 0 Å². The Morgan fingerprint density at radius 3 is 2.48 bits per heavy atom. The van der Waals surface area contributed by atoms with Crippen LogP contribution in [0, 0.1) is 11.8 Å². The molecule has 0 fully saturated rings. The first-order valence-electron chi connectivity index (χ1n) is 8.53. The Balaban J connectivity index is 1.76. The minimum Gasteiger partial charge on any atom is -0.497 e. The van der Waals surface area contributed by atoms with Gasteiger partial charge in [0.15, 0.2) is 0 Å². The van der Waals surface area contributed by atoms with Crippen LogP contribution >= 0.6 is 0 Å². The quantitative estimate of drug-likeness (QED) is 0.612. The van der Waals surface area contributed by atoms with Crippen molar-refractivity contribution in [3.05, 3.63) is 71.8 Å². The Morgan fingerprint density at radius 2 is 1.81 bits per heavy atom. The number of benzene rings is 2. The molecule has 0 aliphatic carbocycles. The van der Waals surface area contributed by atoms with Crippen molar-refractivity contribution in [3.63, 3.8) is 0 Å². The number of carbonyl (C=O) groups is 2. The monoisotopic (exact) mass is 362 g/mol. The highest BCUT2D eigenvalue weighted by Crippen LogP contribution is 2.12. The molecule has 0 saturated heterocycles. The van der Waals surface area contributed by atoms with Crippen molar-refractivity contribution >= 4 is 17.9 Å². The maximum absolute atomic E-state index is 12.0. The largest absolute Gasteiger partial charge is 0.497 e. The lowest BCUT2D eigenvalue weighted by Crippen LogP contribution is -2.44. The van der Waals surface area contributed by atoms with E-state index in [0.717, 1.165) is 16.9 Å². The number of hydrogen-bond donors (Lipinski definition) is 2. The molecule has 2 aromatic rings. The fourth-order valence-corrected chi connectivity index (χ4v) is 2.17. The molecular weight excluding hydrogens is 340 g/mol. The Morgan fingerprint density at radius 1 is 1.11 bits per heavy atom. The molecule has 0 bridgehead atoms. The van der Waals surface area contributed by atoms with Crippen LogP contribution in [-0.2, 0) is 9.59 Å². The second-order valence-corrected chi connectivity index (χ2v) is 5.72. The summed E-state index contributed by atoms with van der Waals surface area (Å²) in [5.41, 5.74) is 1.75. The summed E-state index contributed by atoms with van der Waals surface area (Å²) in [5.74, 6) is 5.95. The summed E-state index contributed by atoms with van der Waals surface area (Å²) in [6.45, 7) is 1.84. The summed E-state index contributed by atoms with van der Waals surface area (Å²) in [7, 11) is 1.60. The SMILES string of the molecule is COc1ccc(/C=C/C(=O)NC(C)C(=O)NCC#Cc2ccccc2)cc1. The van der Waals surface area contributed by atoms with Gasteiger partial charge in [-0.1, -0.05) is 42.2 Å². The molecule has 0 aromatic heterocycles. The van der Waals surface area contributed by atoms with Crippen molar-refractivity contribution in [2.24, 2.45) is 0 Å². The Bertz CT molecular complexity index is 847. The van der Waals surface area contributed by atoms with Crippen LogP contribution in [0.25, 0.3) is 6.08 Å². The van der Waals surface area contributed by atoms with Crippen LogP contribution in [0.15, 0.2) is 60.7 Å². The first kappa shape index (κ1) is 19.8. The van der Waals surface area contributed by atoms with Crippen LogP contribution in [0.2, 0.25) is 0 Å². The van der Waals surface area contributed by atoms with E-state index in [1.807, 2.05) is 54.6 Å². The van der Waals surface area contributed by atoms with Gasteiger partial charge in [-0.25, -0.2) is 0 Å². The molecule has 0 spiro atoms. The van der Waals surface area contributed by atoms with Crippen LogP contribution in [0.1, 0.15) is 18.1 Å². The van der Waals surface area contributed by atoms with Crippen LogP contribution < -0.4 is 15.4 Å². The Kier molecular flexibility index (Phi) is 7.68. The summed E-state index contributed by atoms with van der Waals surface area (Å²) >= 11 is 0. The number of rotatable bonds is 6. The van der Waals surface area contributed by atoms with E-state index in [1.54, 1.807) is 20.1 Å². The average Bonchev–Trinajstić information content (AvgIpc) is 2.70. The molecule has 0 aliphatic rings. The molecule has 27 heavy (non-hydrogen) atoms. The van der Waals surface area contributed by atoms with E-state index >= 15 is 0 Å². The van der Waals surface area contributed by atoms with Gasteiger partial charge in [-0.15, -0.1) is 0 Å². The van der Waals surface area contributed by atoms with Crippen molar-refractivity contribution < 1.29 is 14.3 Å². The number of nitrogens with one attached hydrogen (secondary N) is 2. The van der Waals surface area contributed by atoms with Crippen LogP contribution in [-0.4, -0.2) is 31.5 Å². The van der Waals surface area contributed by atoms with Crippen molar-refractivity contribution in [1.29, 1.82) is 0 Å². The van der Waals surface area contributed by atoms with Gasteiger partial charge in [0.1, 0.15) is 11.8 Å². The fraction of sp³-hybridized carbons (Fsp3) is 0.182. The molecule has 2 N–H and O–H groups in total. The highest BCUT2D eigenvalue weighted by atomic mass is 16.5. The standard InChI is InChI=1S/C22H22N2O3/c1-17(22(26)23-16-6-9-18-7-4-3-5-8-18)24-21(25)15-12-19-10-13-20(27-2)14-11-19/h3-5,7-8,10-15,17H,16H2,1-2H3,(H,23,26)(H,24,25)/b15-12+. The maximum atomic E-state index is 12.0. The van der Waals surface area contributed by atoms with Gasteiger partial charge in [0, 0.05) is 11.6 Å². The highest BCUT2D eigenvalue weighted by molar-refractivity contribution is 5.95. The molecule has 2 amide bonds. The van der Waals surface area contributed by atoms with E-state index in [2.05, 4.69) is 22.5 Å². The minimum atomic E-state index is -0.656. The lowest BCUT2D eigenvalue weighted by Gasteiger charge is -2.11. The van der Waals surface area contributed by atoms with Crippen LogP contribution in [0.4, 0.5) is 0 Å². The lowest BCUT2D eigenvalue weighted by molar-refractivity contribution is -0.126. The first-order chi connectivity index (χ1) is 13.1. The van der Waals surface area contributed by atoms with Crippen molar-refractivity contribution in [2.45, 2.75) is 13.0 Å². The third kappa shape index (κ3) is 7.09. The van der Waals surface area contributed by atoms with E-state index in [0.29, 0.717) is 0 Å². The van der Waals surface area contributed by atoms with E-state index in [1.165, 1.54) is 6.08 Å². The number of ether oxygens (including phenoxy) is 1. The molecule has 138 valence electrons. The minimum absolute atomic E-state index is 0.218. The van der Waals surface area contributed by atoms with E-state index in [9.17, 15) is 9.59 Å². The predicted molar refractivity (Wildman–Crippen MR) is 106 cm³/mol. The van der Waals surface area contributed by atoms with E-state index in [-0.39, 0.29) is 18.4 Å². The van der Waals surface area contributed by atoms with Gasteiger partial charge in [-0.3, -0.25) is 9.59 Å². The summed E-state index contributed by atoms with van der Waals surface area (Å²) in [6.07, 6.45) is 3.06. The van der Waals surface area contributed by atoms with Crippen molar-refractivity contribution in [3.8, 4) is 17.6 Å². The molecule has 0 heterocycles. The van der Waals surface area contributed by atoms with Crippen LogP contribution in [0.5, 0.6) is 5.75 Å². The Hall–Kier alpha value is -3.52. The Labute approximate surface area is 159 Å². The van der Waals surface area contributed by atoms with Gasteiger partial charge >= 0.3 is 0 Å². The molecule has 0 saturated carbocycles. The molecule has 1 unspecified atom stereocenters. The second-order valence-electron chi connectivity index (χ2n) is 5.72. The predicted octanol–water partition coefficient (Wildman–Crippen LogP) is 2.38. The number of methoxy groups -OCH3 is 1. The summed E-state index contributed by atoms with van der Waals surface area (Å²) in [6, 6.07) is 16.2. The molecule has 1 atom stereocenters. The fourth-order valence-electron chi connectivity index (χ4n) is 2.17. The summed E-state index contributed by atoms with van der Waals surface area (Å²) < 4.78 is 5.08. The normalized spacial score (nSPS) is 11.2. The van der Waals surface area contributed by atoms with Gasteiger partial charge < -0.3 is 15.4 Å². The van der Waals surface area contributed by atoms with Gasteiger partial charge in [0.05, 0.1) is 13.7 Å². The molecule has 2 aromatic carbocycles. The number of hydrogen-bond acceptors (Lipinski definition) is 3. The summed E-state index contributed by atoms with van der Waals surface area (Å²) in [5, 5.41) is 5.30. The van der Waals surface area contributed by atoms with Crippen molar-refractivity contribution in [2.75, 3.05) is 13.7 Å². The van der Waals surface area contributed by atoms with Gasteiger partial charge in [0.2, 0.25) is 11.8 Å². The van der Waals surface area contributed by atoms with E-state index in [4.69, 9.17) is 4.74 Å². The van der Waals surface area contributed by atoms with Crippen LogP contribution in [0.3, 0.4) is 0 Å². The number of amides is 2. The first-order valence-corrected chi connectivity index (χ1v) is 8.53. The zero-order valence-electron chi connectivity index (χ0n) is 15.4. The average molecular weight is 362 g/mol. The van der Waals surface area contributed by atoms with E-state index < -0.39 is 6.04 Å². The topological polar surface area (TPSA) is 67.4 Å². The smallest absolute Gasteiger partial charge is 0.244 e. The zero-order valence-corrected chi connectivity index (χ0v) is 15.4. The second kappa shape index (κ2) is 10.5. The third-order valence-corrected chi connectivity index (χ3v) is 3.65. The highest BCUT2D eigenvalue weighted by Gasteiger charge is 2.13. The summed E-state index contributed by atoms with van der Waals surface area (Å²) in [4.78, 5) is 23.9. The molecule has 0 radical (unpaired) electrons. The maximum Gasteiger partial charge on any atom is 0.244 e. The lowest BCUT2D eigenvalue weighted by atomic mass is 10.2. The van der Waals surface area contributed by atoms with Gasteiger partial charge in [-0.05, 0) is 42.8 Å². The molecule has 5 heteroatoms. The van der Waals surface area contributed by atoms with Gasteiger partial charge in [-0.2, -0.15) is 0 Å². The number of carbonyl (C=O) groups excluding carboxylic acids is 2. The molecule has 2 rings (SSSR count). The van der Waals surface area contributed by atoms with Crippen molar-refractivity contribution in [1.82, 2.24) is 10.6 Å². The zero-order chi connectivity index (χ0) is 19.5.